The van der Waals surface area contributed by atoms with Crippen LogP contribution in [0.15, 0.2) is 36.4 Å². The van der Waals surface area contributed by atoms with Crippen molar-refractivity contribution in [2.45, 2.75) is 6.92 Å². The molecular weight excluding hydrogens is 379 g/mol. The summed E-state index contributed by atoms with van der Waals surface area (Å²) in [5.74, 6) is 0.126. The highest BCUT2D eigenvalue weighted by atomic mass is 35.5. The standard InChI is InChI=1S/C18H18Cl2N2O4/c1-11-3-6-16(25-2)15(7-11)22-17(23)9-21-18(24)10-26-12-4-5-13(19)14(20)8-12/h3-8H,9-10H2,1-2H3,(H,21,24)(H,22,23). The Kier molecular flexibility index (Phi) is 7.12. The quantitative estimate of drug-likeness (QED) is 0.751. The lowest BCUT2D eigenvalue weighted by molar-refractivity contribution is -0.125. The number of hydrogen-bond acceptors (Lipinski definition) is 4. The molecule has 0 bridgehead atoms. The summed E-state index contributed by atoms with van der Waals surface area (Å²) in [5, 5.41) is 5.89. The van der Waals surface area contributed by atoms with Crippen LogP contribution in [0, 0.1) is 6.92 Å². The Morgan fingerprint density at radius 3 is 2.50 bits per heavy atom. The molecule has 2 aromatic carbocycles. The summed E-state index contributed by atoms with van der Waals surface area (Å²) in [6.07, 6.45) is 0. The van der Waals surface area contributed by atoms with Crippen LogP contribution in [0.4, 0.5) is 5.69 Å². The maximum atomic E-state index is 12.0. The van der Waals surface area contributed by atoms with Crippen molar-refractivity contribution in [2.24, 2.45) is 0 Å². The number of ether oxygens (including phenoxy) is 2. The molecule has 0 unspecified atom stereocenters. The second-order valence-electron chi connectivity index (χ2n) is 5.39. The second-order valence-corrected chi connectivity index (χ2v) is 6.21. The summed E-state index contributed by atoms with van der Waals surface area (Å²) >= 11 is 11.7. The molecule has 2 aromatic rings. The molecule has 138 valence electrons. The number of carbonyl (C=O) groups excluding carboxylic acids is 2. The number of benzene rings is 2. The van der Waals surface area contributed by atoms with E-state index in [0.29, 0.717) is 27.2 Å². The van der Waals surface area contributed by atoms with Crippen LogP contribution >= 0.6 is 23.2 Å². The maximum absolute atomic E-state index is 12.0. The third-order valence-corrected chi connectivity index (χ3v) is 4.08. The van der Waals surface area contributed by atoms with Gasteiger partial charge in [0.15, 0.2) is 6.61 Å². The van der Waals surface area contributed by atoms with Gasteiger partial charge in [-0.25, -0.2) is 0 Å². The Morgan fingerprint density at radius 1 is 1.04 bits per heavy atom. The van der Waals surface area contributed by atoms with Crippen LogP contribution in [0.1, 0.15) is 5.56 Å². The normalized spacial score (nSPS) is 10.2. The van der Waals surface area contributed by atoms with Crippen LogP contribution in [-0.2, 0) is 9.59 Å². The third-order valence-electron chi connectivity index (χ3n) is 3.34. The summed E-state index contributed by atoms with van der Waals surface area (Å²) in [5.41, 5.74) is 1.51. The lowest BCUT2D eigenvalue weighted by Crippen LogP contribution is -2.35. The average molecular weight is 397 g/mol. The molecule has 0 spiro atoms. The molecule has 8 heteroatoms. The Labute approximate surface area is 161 Å². The van der Waals surface area contributed by atoms with Crippen molar-refractivity contribution in [1.29, 1.82) is 0 Å². The molecule has 0 aliphatic rings. The first-order valence-corrected chi connectivity index (χ1v) is 8.43. The van der Waals surface area contributed by atoms with E-state index >= 15 is 0 Å². The average Bonchev–Trinajstić information content (AvgIpc) is 2.61. The molecule has 2 N–H and O–H groups in total. The first-order chi connectivity index (χ1) is 12.4. The number of methoxy groups -OCH3 is 1. The Morgan fingerprint density at radius 2 is 1.81 bits per heavy atom. The van der Waals surface area contributed by atoms with Crippen molar-refractivity contribution in [3.63, 3.8) is 0 Å². The highest BCUT2D eigenvalue weighted by Gasteiger charge is 2.10. The lowest BCUT2D eigenvalue weighted by atomic mass is 10.2. The number of aryl methyl sites for hydroxylation is 1. The van der Waals surface area contributed by atoms with E-state index in [1.165, 1.54) is 13.2 Å². The minimum atomic E-state index is -0.442. The number of nitrogens with one attached hydrogen (secondary N) is 2. The molecule has 2 amide bonds. The van der Waals surface area contributed by atoms with Gasteiger partial charge in [-0.15, -0.1) is 0 Å². The Bertz CT molecular complexity index is 812. The van der Waals surface area contributed by atoms with E-state index in [-0.39, 0.29) is 19.1 Å². The van der Waals surface area contributed by atoms with Gasteiger partial charge in [0.05, 0.1) is 29.4 Å². The fraction of sp³-hybridized carbons (Fsp3) is 0.222. The van der Waals surface area contributed by atoms with Crippen molar-refractivity contribution in [2.75, 3.05) is 25.6 Å². The Balaban J connectivity index is 1.80. The van der Waals surface area contributed by atoms with Gasteiger partial charge in [-0.3, -0.25) is 9.59 Å². The lowest BCUT2D eigenvalue weighted by Gasteiger charge is -2.12. The molecule has 0 fully saturated rings. The number of amides is 2. The van der Waals surface area contributed by atoms with Gasteiger partial charge >= 0.3 is 0 Å². The summed E-state index contributed by atoms with van der Waals surface area (Å²) in [7, 11) is 1.52. The van der Waals surface area contributed by atoms with Crippen LogP contribution in [0.3, 0.4) is 0 Å². The van der Waals surface area contributed by atoms with E-state index in [1.54, 1.807) is 24.3 Å². The van der Waals surface area contributed by atoms with Crippen LogP contribution in [0.5, 0.6) is 11.5 Å². The van der Waals surface area contributed by atoms with Crippen molar-refractivity contribution in [3.05, 3.63) is 52.0 Å². The molecule has 0 saturated heterocycles. The topological polar surface area (TPSA) is 76.7 Å². The van der Waals surface area contributed by atoms with Crippen LogP contribution < -0.4 is 20.1 Å². The minimum absolute atomic E-state index is 0.194. The zero-order valence-electron chi connectivity index (χ0n) is 14.3. The molecule has 26 heavy (non-hydrogen) atoms. The smallest absolute Gasteiger partial charge is 0.258 e. The van der Waals surface area contributed by atoms with Crippen LogP contribution in [0.25, 0.3) is 0 Å². The van der Waals surface area contributed by atoms with E-state index in [0.717, 1.165) is 5.56 Å². The first-order valence-electron chi connectivity index (χ1n) is 7.68. The van der Waals surface area contributed by atoms with Crippen LogP contribution in [-0.4, -0.2) is 32.1 Å². The number of carbonyl (C=O) groups is 2. The molecule has 6 nitrogen and oxygen atoms in total. The van der Waals surface area contributed by atoms with Gasteiger partial charge in [-0.1, -0.05) is 29.3 Å². The zero-order chi connectivity index (χ0) is 19.1. The molecular formula is C18H18Cl2N2O4. The summed E-state index contributed by atoms with van der Waals surface area (Å²) in [4.78, 5) is 23.8. The summed E-state index contributed by atoms with van der Waals surface area (Å²) in [6.45, 7) is 1.46. The number of anilines is 1. The molecule has 0 aliphatic heterocycles. The van der Waals surface area contributed by atoms with Crippen LogP contribution in [0.2, 0.25) is 10.0 Å². The Hall–Kier alpha value is -2.44. The third kappa shape index (κ3) is 5.82. The second kappa shape index (κ2) is 9.31. The fourth-order valence-corrected chi connectivity index (χ4v) is 2.35. The zero-order valence-corrected chi connectivity index (χ0v) is 15.8. The summed E-state index contributed by atoms with van der Waals surface area (Å²) < 4.78 is 10.5. The van der Waals surface area contributed by atoms with Gasteiger partial charge in [0.25, 0.3) is 5.91 Å². The molecule has 0 radical (unpaired) electrons. The molecule has 2 rings (SSSR count). The van der Waals surface area contributed by atoms with E-state index in [4.69, 9.17) is 32.7 Å². The highest BCUT2D eigenvalue weighted by Crippen LogP contribution is 2.26. The monoisotopic (exact) mass is 396 g/mol. The number of hydrogen-bond donors (Lipinski definition) is 2. The number of rotatable bonds is 7. The maximum Gasteiger partial charge on any atom is 0.258 e. The highest BCUT2D eigenvalue weighted by molar-refractivity contribution is 6.42. The first kappa shape index (κ1) is 19.9. The van der Waals surface area contributed by atoms with Gasteiger partial charge in [-0.05, 0) is 36.8 Å². The van der Waals surface area contributed by atoms with E-state index in [2.05, 4.69) is 10.6 Å². The summed E-state index contributed by atoms with van der Waals surface area (Å²) in [6, 6.07) is 10.1. The molecule has 0 aromatic heterocycles. The van der Waals surface area contributed by atoms with Crippen molar-refractivity contribution in [1.82, 2.24) is 5.32 Å². The SMILES string of the molecule is COc1ccc(C)cc1NC(=O)CNC(=O)COc1ccc(Cl)c(Cl)c1. The van der Waals surface area contributed by atoms with Gasteiger partial charge in [0.1, 0.15) is 11.5 Å². The van der Waals surface area contributed by atoms with Crippen molar-refractivity contribution >= 4 is 40.7 Å². The van der Waals surface area contributed by atoms with Gasteiger partial charge in [0, 0.05) is 6.07 Å². The van der Waals surface area contributed by atoms with E-state index in [1.807, 2.05) is 13.0 Å². The fourth-order valence-electron chi connectivity index (χ4n) is 2.06. The van der Waals surface area contributed by atoms with Gasteiger partial charge in [0.2, 0.25) is 5.91 Å². The molecule has 0 atom stereocenters. The largest absolute Gasteiger partial charge is 0.495 e. The minimum Gasteiger partial charge on any atom is -0.495 e. The van der Waals surface area contributed by atoms with Gasteiger partial charge in [-0.2, -0.15) is 0 Å². The van der Waals surface area contributed by atoms with E-state index in [9.17, 15) is 9.59 Å². The predicted octanol–water partition coefficient (Wildman–Crippen LogP) is 3.44. The molecule has 0 aliphatic carbocycles. The number of halogens is 2. The van der Waals surface area contributed by atoms with Crippen molar-refractivity contribution < 1.29 is 19.1 Å². The van der Waals surface area contributed by atoms with E-state index < -0.39 is 5.91 Å². The molecule has 0 heterocycles. The van der Waals surface area contributed by atoms with Gasteiger partial charge < -0.3 is 20.1 Å². The predicted molar refractivity (Wildman–Crippen MR) is 101 cm³/mol. The molecule has 0 saturated carbocycles. The van der Waals surface area contributed by atoms with Crippen molar-refractivity contribution in [3.8, 4) is 11.5 Å².